The van der Waals surface area contributed by atoms with E-state index in [1.54, 1.807) is 0 Å². The summed E-state index contributed by atoms with van der Waals surface area (Å²) in [5.74, 6) is 0.139. The van der Waals surface area contributed by atoms with Gasteiger partial charge in [0.25, 0.3) is 0 Å². The first-order chi connectivity index (χ1) is 7.11. The monoisotopic (exact) mass is 204 g/mol. The van der Waals surface area contributed by atoms with E-state index in [0.29, 0.717) is 0 Å². The lowest BCUT2D eigenvalue weighted by atomic mass is 10.0. The molecule has 0 radical (unpaired) electrons. The van der Waals surface area contributed by atoms with E-state index >= 15 is 0 Å². The number of carbonyl (C=O) groups excluding carboxylic acids is 1. The highest BCUT2D eigenvalue weighted by Crippen LogP contribution is 2.20. The minimum Gasteiger partial charge on any atom is -0.310 e. The summed E-state index contributed by atoms with van der Waals surface area (Å²) in [5, 5.41) is 3.22. The average molecular weight is 204 g/mol. The molecule has 1 N–H and O–H groups in total. The molecular weight excluding hydrogens is 188 g/mol. The van der Waals surface area contributed by atoms with Crippen LogP contribution in [0.4, 0.5) is 5.69 Å². The Morgan fingerprint density at radius 1 is 1.27 bits per heavy atom. The fraction of sp³-hybridized carbons (Fsp3) is 0.417. The van der Waals surface area contributed by atoms with Gasteiger partial charge in [0, 0.05) is 18.8 Å². The molecule has 1 aromatic carbocycles. The second-order valence-corrected chi connectivity index (χ2v) is 4.34. The summed E-state index contributed by atoms with van der Waals surface area (Å²) in [7, 11) is 0. The zero-order valence-electron chi connectivity index (χ0n) is 9.16. The predicted molar refractivity (Wildman–Crippen MR) is 60.9 cm³/mol. The van der Waals surface area contributed by atoms with Gasteiger partial charge in [0.1, 0.15) is 0 Å². The number of anilines is 1. The van der Waals surface area contributed by atoms with Gasteiger partial charge in [0.15, 0.2) is 0 Å². The molecule has 0 saturated carbocycles. The molecule has 1 heterocycles. The van der Waals surface area contributed by atoms with Crippen LogP contribution in [0.2, 0.25) is 0 Å². The first kappa shape index (κ1) is 10.2. The van der Waals surface area contributed by atoms with Crippen molar-refractivity contribution in [2.75, 3.05) is 18.0 Å². The Bertz CT molecular complexity index is 359. The molecule has 0 aliphatic carbocycles. The van der Waals surface area contributed by atoms with Crippen molar-refractivity contribution in [3.05, 3.63) is 30.3 Å². The number of rotatable bonds is 1. The number of nitrogens with one attached hydrogen (secondary N) is 1. The fourth-order valence-electron chi connectivity index (χ4n) is 1.85. The Balaban J connectivity index is 2.27. The van der Waals surface area contributed by atoms with Crippen molar-refractivity contribution in [1.29, 1.82) is 0 Å². The third-order valence-corrected chi connectivity index (χ3v) is 2.75. The molecule has 1 saturated heterocycles. The normalized spacial score (nSPS) is 20.4. The summed E-state index contributed by atoms with van der Waals surface area (Å²) in [5.41, 5.74) is 0.533. The number of carbonyl (C=O) groups is 1. The van der Waals surface area contributed by atoms with Gasteiger partial charge < -0.3 is 10.2 Å². The molecule has 0 atom stereocenters. The molecule has 1 aliphatic rings. The van der Waals surface area contributed by atoms with Crippen LogP contribution in [0.15, 0.2) is 30.3 Å². The van der Waals surface area contributed by atoms with Crippen molar-refractivity contribution in [3.63, 3.8) is 0 Å². The zero-order valence-corrected chi connectivity index (χ0v) is 9.16. The van der Waals surface area contributed by atoms with Gasteiger partial charge in [-0.25, -0.2) is 0 Å². The maximum Gasteiger partial charge on any atom is 0.246 e. The van der Waals surface area contributed by atoms with Gasteiger partial charge in [-0.2, -0.15) is 0 Å². The summed E-state index contributed by atoms with van der Waals surface area (Å²) >= 11 is 0. The third kappa shape index (κ3) is 1.88. The first-order valence-corrected chi connectivity index (χ1v) is 5.23. The van der Waals surface area contributed by atoms with Crippen LogP contribution in [0, 0.1) is 0 Å². The van der Waals surface area contributed by atoms with Gasteiger partial charge in [0.2, 0.25) is 5.91 Å². The van der Waals surface area contributed by atoms with Crippen molar-refractivity contribution in [2.24, 2.45) is 0 Å². The highest BCUT2D eigenvalue weighted by Gasteiger charge is 2.35. The lowest BCUT2D eigenvalue weighted by molar-refractivity contribution is -0.124. The van der Waals surface area contributed by atoms with E-state index in [1.165, 1.54) is 0 Å². The number of benzene rings is 1. The maximum absolute atomic E-state index is 12.1. The van der Waals surface area contributed by atoms with Crippen LogP contribution in [0.25, 0.3) is 0 Å². The number of amides is 1. The molecule has 3 heteroatoms. The molecule has 1 aromatic rings. The summed E-state index contributed by atoms with van der Waals surface area (Å²) in [4.78, 5) is 14.0. The molecule has 1 amide bonds. The van der Waals surface area contributed by atoms with Crippen LogP contribution in [0.1, 0.15) is 13.8 Å². The largest absolute Gasteiger partial charge is 0.310 e. The Kier molecular flexibility index (Phi) is 2.49. The van der Waals surface area contributed by atoms with Gasteiger partial charge in [-0.1, -0.05) is 18.2 Å². The Morgan fingerprint density at radius 2 is 1.93 bits per heavy atom. The van der Waals surface area contributed by atoms with Gasteiger partial charge in [-0.3, -0.25) is 4.79 Å². The van der Waals surface area contributed by atoms with E-state index in [2.05, 4.69) is 5.32 Å². The number of para-hydroxylation sites is 1. The van der Waals surface area contributed by atoms with E-state index in [1.807, 2.05) is 49.1 Å². The van der Waals surface area contributed by atoms with Crippen molar-refractivity contribution < 1.29 is 4.79 Å². The SMILES string of the molecule is CC1(C)NCCN(c2ccccc2)C1=O. The van der Waals surface area contributed by atoms with Crippen molar-refractivity contribution in [2.45, 2.75) is 19.4 Å². The third-order valence-electron chi connectivity index (χ3n) is 2.75. The first-order valence-electron chi connectivity index (χ1n) is 5.23. The quantitative estimate of drug-likeness (QED) is 0.750. The number of nitrogens with zero attached hydrogens (tertiary/aromatic N) is 1. The molecule has 1 fully saturated rings. The molecule has 15 heavy (non-hydrogen) atoms. The smallest absolute Gasteiger partial charge is 0.246 e. The van der Waals surface area contributed by atoms with Crippen LogP contribution in [0.5, 0.6) is 0 Å². The zero-order chi connectivity index (χ0) is 10.9. The van der Waals surface area contributed by atoms with Crippen LogP contribution in [-0.4, -0.2) is 24.5 Å². The molecule has 0 aromatic heterocycles. The van der Waals surface area contributed by atoms with Gasteiger partial charge in [0.05, 0.1) is 5.54 Å². The molecule has 0 spiro atoms. The minimum atomic E-state index is -0.450. The Morgan fingerprint density at radius 3 is 2.60 bits per heavy atom. The molecule has 0 bridgehead atoms. The molecule has 80 valence electrons. The molecule has 2 rings (SSSR count). The number of piperazine rings is 1. The second-order valence-electron chi connectivity index (χ2n) is 4.34. The lowest BCUT2D eigenvalue weighted by Gasteiger charge is -2.38. The predicted octanol–water partition coefficient (Wildman–Crippen LogP) is 1.40. The van der Waals surface area contributed by atoms with E-state index in [0.717, 1.165) is 18.8 Å². The van der Waals surface area contributed by atoms with E-state index < -0.39 is 5.54 Å². The summed E-state index contributed by atoms with van der Waals surface area (Å²) < 4.78 is 0. The van der Waals surface area contributed by atoms with E-state index in [4.69, 9.17) is 0 Å². The Hall–Kier alpha value is -1.35. The summed E-state index contributed by atoms with van der Waals surface area (Å²) in [6, 6.07) is 9.81. The highest BCUT2D eigenvalue weighted by molar-refractivity contribution is 6.00. The Labute approximate surface area is 90.1 Å². The van der Waals surface area contributed by atoms with E-state index in [9.17, 15) is 4.79 Å². The van der Waals surface area contributed by atoms with Crippen molar-refractivity contribution >= 4 is 11.6 Å². The van der Waals surface area contributed by atoms with Crippen molar-refractivity contribution in [3.8, 4) is 0 Å². The number of hydrogen-bond donors (Lipinski definition) is 1. The minimum absolute atomic E-state index is 0.139. The highest BCUT2D eigenvalue weighted by atomic mass is 16.2. The number of hydrogen-bond acceptors (Lipinski definition) is 2. The van der Waals surface area contributed by atoms with Crippen LogP contribution in [0.3, 0.4) is 0 Å². The molecule has 0 unspecified atom stereocenters. The summed E-state index contributed by atoms with van der Waals surface area (Å²) in [6.45, 7) is 5.43. The molecular formula is C12H16N2O. The average Bonchev–Trinajstić information content (AvgIpc) is 2.23. The molecule has 1 aliphatic heterocycles. The van der Waals surface area contributed by atoms with Gasteiger partial charge in [-0.05, 0) is 26.0 Å². The molecule has 3 nitrogen and oxygen atoms in total. The maximum atomic E-state index is 12.1. The van der Waals surface area contributed by atoms with Crippen LogP contribution in [-0.2, 0) is 4.79 Å². The summed E-state index contributed by atoms with van der Waals surface area (Å²) in [6.07, 6.45) is 0. The van der Waals surface area contributed by atoms with Gasteiger partial charge in [-0.15, -0.1) is 0 Å². The van der Waals surface area contributed by atoms with E-state index in [-0.39, 0.29) is 5.91 Å². The lowest BCUT2D eigenvalue weighted by Crippen LogP contribution is -2.61. The van der Waals surface area contributed by atoms with Crippen LogP contribution < -0.4 is 10.2 Å². The van der Waals surface area contributed by atoms with Crippen molar-refractivity contribution in [1.82, 2.24) is 5.32 Å². The van der Waals surface area contributed by atoms with Crippen LogP contribution >= 0.6 is 0 Å². The van der Waals surface area contributed by atoms with Gasteiger partial charge >= 0.3 is 0 Å². The topological polar surface area (TPSA) is 32.3 Å². The standard InChI is InChI=1S/C12H16N2O/c1-12(2)11(15)14(9-8-13-12)10-6-4-3-5-7-10/h3-7,13H,8-9H2,1-2H3. The fourth-order valence-corrected chi connectivity index (χ4v) is 1.85. The second kappa shape index (κ2) is 3.66.